The molecule has 2 saturated heterocycles. The van der Waals surface area contributed by atoms with Crippen molar-refractivity contribution in [2.24, 2.45) is 0 Å². The standard InChI is InChI=1S/C28H33ClF2N6O/c1-35-12-4-7-19(35)17-38-28-33-22-16-36(23-9-3-6-18-5-2-8-21(29)25(18)23)13-10-20(22)27(34-28)37-14-11-32-15-24(37)26(30)31/h2-3,5-6,8-9,19,24,26,32H,4,7,10-17H2,1H3/t19-,24+/m0/s1. The van der Waals surface area contributed by atoms with Gasteiger partial charge in [-0.05, 0) is 50.4 Å². The second-order valence-electron chi connectivity index (χ2n) is 10.4. The Morgan fingerprint density at radius 2 is 1.97 bits per heavy atom. The number of likely N-dealkylation sites (tertiary alicyclic amines) is 1. The maximum atomic E-state index is 14.1. The van der Waals surface area contributed by atoms with Crippen LogP contribution in [0, 0.1) is 0 Å². The highest BCUT2D eigenvalue weighted by Gasteiger charge is 2.35. The van der Waals surface area contributed by atoms with Gasteiger partial charge >= 0.3 is 6.01 Å². The zero-order valence-corrected chi connectivity index (χ0v) is 22.3. The molecular weight excluding hydrogens is 510 g/mol. The maximum Gasteiger partial charge on any atom is 0.318 e. The molecule has 0 aliphatic carbocycles. The van der Waals surface area contributed by atoms with Gasteiger partial charge in [-0.1, -0.05) is 35.9 Å². The molecule has 7 nitrogen and oxygen atoms in total. The van der Waals surface area contributed by atoms with E-state index >= 15 is 0 Å². The van der Waals surface area contributed by atoms with E-state index in [1.165, 1.54) is 0 Å². The molecule has 2 fully saturated rings. The number of hydrogen-bond acceptors (Lipinski definition) is 7. The molecule has 0 amide bonds. The second-order valence-corrected chi connectivity index (χ2v) is 10.8. The number of rotatable bonds is 6. The van der Waals surface area contributed by atoms with Crippen molar-refractivity contribution in [1.29, 1.82) is 0 Å². The maximum absolute atomic E-state index is 14.1. The molecular formula is C28H33ClF2N6O. The largest absolute Gasteiger partial charge is 0.462 e. The van der Waals surface area contributed by atoms with Crippen molar-refractivity contribution in [3.05, 3.63) is 52.7 Å². The van der Waals surface area contributed by atoms with Crippen LogP contribution < -0.4 is 19.9 Å². The van der Waals surface area contributed by atoms with Gasteiger partial charge in [0.25, 0.3) is 6.43 Å². The van der Waals surface area contributed by atoms with Gasteiger partial charge < -0.3 is 24.8 Å². The van der Waals surface area contributed by atoms with Crippen molar-refractivity contribution in [1.82, 2.24) is 20.2 Å². The number of nitrogens with one attached hydrogen (secondary N) is 1. The fourth-order valence-corrected chi connectivity index (χ4v) is 6.29. The van der Waals surface area contributed by atoms with Crippen molar-refractivity contribution < 1.29 is 13.5 Å². The van der Waals surface area contributed by atoms with Crippen LogP contribution in [-0.2, 0) is 13.0 Å². The summed E-state index contributed by atoms with van der Waals surface area (Å²) in [6.45, 7) is 4.09. The molecule has 0 saturated carbocycles. The van der Waals surface area contributed by atoms with Crippen molar-refractivity contribution in [3.63, 3.8) is 0 Å². The Morgan fingerprint density at radius 1 is 1.13 bits per heavy atom. The van der Waals surface area contributed by atoms with Gasteiger partial charge in [0.2, 0.25) is 0 Å². The van der Waals surface area contributed by atoms with Crippen LogP contribution >= 0.6 is 11.6 Å². The number of piperazine rings is 1. The number of nitrogens with zero attached hydrogens (tertiary/aromatic N) is 5. The summed E-state index contributed by atoms with van der Waals surface area (Å²) in [6, 6.07) is 11.7. The molecule has 4 heterocycles. The molecule has 3 aromatic rings. The number of likely N-dealkylation sites (N-methyl/N-ethyl adjacent to an activating group) is 1. The van der Waals surface area contributed by atoms with Gasteiger partial charge in [0, 0.05) is 48.9 Å². The number of anilines is 2. The third-order valence-corrected chi connectivity index (χ3v) is 8.43. The smallest absolute Gasteiger partial charge is 0.318 e. The van der Waals surface area contributed by atoms with E-state index in [1.807, 2.05) is 18.2 Å². The minimum absolute atomic E-state index is 0.222. The normalized spacial score (nSPS) is 22.3. The van der Waals surface area contributed by atoms with Crippen LogP contribution in [0.4, 0.5) is 20.3 Å². The lowest BCUT2D eigenvalue weighted by Crippen LogP contribution is -2.55. The van der Waals surface area contributed by atoms with E-state index in [1.54, 1.807) is 4.90 Å². The van der Waals surface area contributed by atoms with Crippen LogP contribution in [0.2, 0.25) is 5.02 Å². The van der Waals surface area contributed by atoms with Crippen molar-refractivity contribution in [2.45, 2.75) is 44.3 Å². The van der Waals surface area contributed by atoms with E-state index < -0.39 is 12.5 Å². The lowest BCUT2D eigenvalue weighted by Gasteiger charge is -2.39. The van der Waals surface area contributed by atoms with Gasteiger partial charge in [-0.3, -0.25) is 0 Å². The summed E-state index contributed by atoms with van der Waals surface area (Å²) in [5.41, 5.74) is 2.80. The first kappa shape index (κ1) is 25.5. The fourth-order valence-electron chi connectivity index (χ4n) is 6.01. The molecule has 6 rings (SSSR count). The number of aromatic nitrogens is 2. The van der Waals surface area contributed by atoms with Gasteiger partial charge in [-0.25, -0.2) is 8.78 Å². The summed E-state index contributed by atoms with van der Waals surface area (Å²) in [6.07, 6.45) is 0.370. The average Bonchev–Trinajstić information content (AvgIpc) is 3.35. The highest BCUT2D eigenvalue weighted by atomic mass is 35.5. The topological polar surface area (TPSA) is 56.8 Å². The molecule has 202 valence electrons. The summed E-state index contributed by atoms with van der Waals surface area (Å²) in [4.78, 5) is 15.9. The molecule has 3 aliphatic heterocycles. The van der Waals surface area contributed by atoms with E-state index in [9.17, 15) is 8.78 Å². The zero-order valence-electron chi connectivity index (χ0n) is 21.5. The van der Waals surface area contributed by atoms with Gasteiger partial charge in [0.05, 0.1) is 17.3 Å². The first-order chi connectivity index (χ1) is 18.5. The molecule has 10 heteroatoms. The Kier molecular flexibility index (Phi) is 7.24. The molecule has 0 radical (unpaired) electrons. The number of hydrogen-bond donors (Lipinski definition) is 1. The Hall–Kier alpha value is -2.75. The molecule has 0 bridgehead atoms. The number of fused-ring (bicyclic) bond motifs is 2. The van der Waals surface area contributed by atoms with Gasteiger partial charge in [-0.2, -0.15) is 9.97 Å². The summed E-state index contributed by atoms with van der Waals surface area (Å²) in [5.74, 6) is 0.590. The Morgan fingerprint density at radius 3 is 2.76 bits per heavy atom. The summed E-state index contributed by atoms with van der Waals surface area (Å²) in [5, 5.41) is 5.90. The summed E-state index contributed by atoms with van der Waals surface area (Å²) < 4.78 is 34.3. The lowest BCUT2D eigenvalue weighted by molar-refractivity contribution is 0.105. The molecule has 2 atom stereocenters. The van der Waals surface area contributed by atoms with E-state index in [-0.39, 0.29) is 12.6 Å². The van der Waals surface area contributed by atoms with Crippen molar-refractivity contribution in [3.8, 4) is 6.01 Å². The van der Waals surface area contributed by atoms with E-state index in [0.717, 1.165) is 47.1 Å². The van der Waals surface area contributed by atoms with Crippen LogP contribution in [0.3, 0.4) is 0 Å². The number of benzene rings is 2. The van der Waals surface area contributed by atoms with E-state index in [2.05, 4.69) is 40.4 Å². The van der Waals surface area contributed by atoms with Crippen LogP contribution in [0.15, 0.2) is 36.4 Å². The SMILES string of the molecule is CN1CCC[C@H]1COc1nc2c(c(N3CCNC[C@@H]3C(F)F)n1)CCN(c1cccc3cccc(Cl)c13)C2. The minimum Gasteiger partial charge on any atom is -0.462 e. The predicted octanol–water partition coefficient (Wildman–Crippen LogP) is 4.36. The predicted molar refractivity (Wildman–Crippen MR) is 147 cm³/mol. The monoisotopic (exact) mass is 542 g/mol. The quantitative estimate of drug-likeness (QED) is 0.496. The molecule has 2 aromatic carbocycles. The zero-order chi connectivity index (χ0) is 26.2. The third-order valence-electron chi connectivity index (χ3n) is 8.12. The van der Waals surface area contributed by atoms with Crippen LogP contribution in [0.5, 0.6) is 6.01 Å². The first-order valence-corrected chi connectivity index (χ1v) is 13.8. The minimum atomic E-state index is -2.48. The first-order valence-electron chi connectivity index (χ1n) is 13.4. The Labute approximate surface area is 226 Å². The molecule has 1 aromatic heterocycles. The van der Waals surface area contributed by atoms with Crippen LogP contribution in [0.25, 0.3) is 10.8 Å². The van der Waals surface area contributed by atoms with E-state index in [4.69, 9.17) is 26.3 Å². The summed E-state index contributed by atoms with van der Waals surface area (Å²) in [7, 11) is 2.10. The van der Waals surface area contributed by atoms with Crippen molar-refractivity contribution >= 4 is 33.9 Å². The average molecular weight is 543 g/mol. The Balaban J connectivity index is 1.37. The fraction of sp³-hybridized carbons (Fsp3) is 0.500. The third kappa shape index (κ3) is 4.87. The summed E-state index contributed by atoms with van der Waals surface area (Å²) >= 11 is 6.63. The molecule has 0 spiro atoms. The van der Waals surface area contributed by atoms with Gasteiger partial charge in [0.1, 0.15) is 18.5 Å². The van der Waals surface area contributed by atoms with Gasteiger partial charge in [0.15, 0.2) is 0 Å². The highest BCUT2D eigenvalue weighted by molar-refractivity contribution is 6.36. The molecule has 38 heavy (non-hydrogen) atoms. The number of ether oxygens (including phenoxy) is 1. The molecule has 1 N–H and O–H groups in total. The van der Waals surface area contributed by atoms with Crippen molar-refractivity contribution in [2.75, 3.05) is 56.2 Å². The lowest BCUT2D eigenvalue weighted by atomic mass is 10.0. The van der Waals surface area contributed by atoms with Crippen LogP contribution in [0.1, 0.15) is 24.1 Å². The second kappa shape index (κ2) is 10.8. The number of alkyl halides is 2. The highest BCUT2D eigenvalue weighted by Crippen LogP contribution is 2.37. The Bertz CT molecular complexity index is 1300. The van der Waals surface area contributed by atoms with Gasteiger partial charge in [-0.15, -0.1) is 0 Å². The number of halogens is 3. The van der Waals surface area contributed by atoms with E-state index in [0.29, 0.717) is 56.1 Å². The molecule has 3 aliphatic rings. The molecule has 0 unspecified atom stereocenters. The van der Waals surface area contributed by atoms with Crippen LogP contribution in [-0.4, -0.2) is 79.8 Å².